The summed E-state index contributed by atoms with van der Waals surface area (Å²) in [5.41, 5.74) is 2.18. The number of rotatable bonds is 4. The number of benzene rings is 1. The topological polar surface area (TPSA) is 47.8 Å². The number of carbonyl (C=O) groups excluding carboxylic acids is 1. The summed E-state index contributed by atoms with van der Waals surface area (Å²) in [7, 11) is 0. The molecule has 0 saturated heterocycles. The molecule has 3 rings (SSSR count). The third-order valence-electron chi connectivity index (χ3n) is 4.12. The highest BCUT2D eigenvalue weighted by Gasteiger charge is 2.25. The first kappa shape index (κ1) is 16.9. The number of halogens is 1. The maximum atomic E-state index is 13.2. The molecular formula is C18H18ClN3OS. The Morgan fingerprint density at radius 2 is 1.92 bits per heavy atom. The van der Waals surface area contributed by atoms with Crippen LogP contribution in [0.5, 0.6) is 0 Å². The number of carbonyl (C=O) groups is 1. The van der Waals surface area contributed by atoms with E-state index < -0.39 is 0 Å². The second-order valence-corrected chi connectivity index (χ2v) is 7.24. The third kappa shape index (κ3) is 2.68. The molecule has 0 aliphatic heterocycles. The maximum Gasteiger partial charge on any atom is 0.197 e. The van der Waals surface area contributed by atoms with E-state index in [4.69, 9.17) is 11.6 Å². The minimum atomic E-state index is -0.0624. The van der Waals surface area contributed by atoms with Crippen molar-refractivity contribution in [2.75, 3.05) is 0 Å². The average molecular weight is 360 g/mol. The van der Waals surface area contributed by atoms with Gasteiger partial charge in [0.15, 0.2) is 5.78 Å². The maximum absolute atomic E-state index is 13.2. The molecule has 4 nitrogen and oxygen atoms in total. The van der Waals surface area contributed by atoms with Crippen LogP contribution in [0.25, 0.3) is 5.00 Å². The molecule has 0 fully saturated rings. The van der Waals surface area contributed by atoms with Crippen molar-refractivity contribution in [3.63, 3.8) is 0 Å². The van der Waals surface area contributed by atoms with E-state index in [9.17, 15) is 4.79 Å². The standard InChI is InChI=1S/C18H18ClN3OS/c1-5-15-21-20-12(4)22(15)18-16(10(2)11(3)24-18)17(23)13-8-6-7-9-14(13)19/h6-9H,5H2,1-4H3. The lowest BCUT2D eigenvalue weighted by Gasteiger charge is -2.10. The highest BCUT2D eigenvalue weighted by atomic mass is 35.5. The van der Waals surface area contributed by atoms with E-state index in [-0.39, 0.29) is 5.78 Å². The van der Waals surface area contributed by atoms with Gasteiger partial charge in [-0.25, -0.2) is 0 Å². The molecule has 0 bridgehead atoms. The van der Waals surface area contributed by atoms with E-state index in [1.54, 1.807) is 23.5 Å². The molecule has 0 saturated carbocycles. The lowest BCUT2D eigenvalue weighted by atomic mass is 10.0. The molecule has 24 heavy (non-hydrogen) atoms. The second-order valence-electron chi connectivity index (χ2n) is 5.62. The normalized spacial score (nSPS) is 11.0. The molecule has 124 valence electrons. The van der Waals surface area contributed by atoms with Crippen molar-refractivity contribution < 1.29 is 4.79 Å². The van der Waals surface area contributed by atoms with Gasteiger partial charge in [0.25, 0.3) is 0 Å². The summed E-state index contributed by atoms with van der Waals surface area (Å²) in [5, 5.41) is 9.73. The Morgan fingerprint density at radius 1 is 1.21 bits per heavy atom. The number of thiophene rings is 1. The zero-order valence-corrected chi connectivity index (χ0v) is 15.6. The largest absolute Gasteiger partial charge is 0.288 e. The lowest BCUT2D eigenvalue weighted by Crippen LogP contribution is -2.09. The van der Waals surface area contributed by atoms with Crippen LogP contribution in [0.4, 0.5) is 0 Å². The Labute approximate surface area is 150 Å². The van der Waals surface area contributed by atoms with Gasteiger partial charge in [-0.1, -0.05) is 30.7 Å². The Morgan fingerprint density at radius 3 is 2.58 bits per heavy atom. The van der Waals surface area contributed by atoms with Crippen LogP contribution in [0.3, 0.4) is 0 Å². The van der Waals surface area contributed by atoms with Gasteiger partial charge in [0.2, 0.25) is 0 Å². The molecule has 0 atom stereocenters. The predicted octanol–water partition coefficient (Wildman–Crippen LogP) is 4.70. The van der Waals surface area contributed by atoms with Gasteiger partial charge in [-0.2, -0.15) is 0 Å². The summed E-state index contributed by atoms with van der Waals surface area (Å²) < 4.78 is 1.98. The molecular weight excluding hydrogens is 342 g/mol. The highest BCUT2D eigenvalue weighted by Crippen LogP contribution is 2.35. The number of hydrogen-bond acceptors (Lipinski definition) is 4. The average Bonchev–Trinajstić information content (AvgIpc) is 3.07. The van der Waals surface area contributed by atoms with Crippen LogP contribution in [0.1, 0.15) is 44.9 Å². The summed E-state index contributed by atoms with van der Waals surface area (Å²) in [6, 6.07) is 7.16. The Kier molecular flexibility index (Phi) is 4.56. The third-order valence-corrected chi connectivity index (χ3v) is 5.65. The van der Waals surface area contributed by atoms with E-state index >= 15 is 0 Å². The molecule has 1 aromatic carbocycles. The van der Waals surface area contributed by atoms with Crippen molar-refractivity contribution in [1.82, 2.24) is 14.8 Å². The Balaban J connectivity index is 2.25. The van der Waals surface area contributed by atoms with Gasteiger partial charge in [-0.15, -0.1) is 21.5 Å². The van der Waals surface area contributed by atoms with Crippen molar-refractivity contribution >= 4 is 28.7 Å². The summed E-state index contributed by atoms with van der Waals surface area (Å²) in [6.07, 6.45) is 0.747. The second kappa shape index (κ2) is 6.49. The SMILES string of the molecule is CCc1nnc(C)n1-c1sc(C)c(C)c1C(=O)c1ccccc1Cl. The van der Waals surface area contributed by atoms with Crippen LogP contribution in [0.15, 0.2) is 24.3 Å². The number of nitrogens with zero attached hydrogens (tertiary/aromatic N) is 3. The fourth-order valence-electron chi connectivity index (χ4n) is 2.71. The van der Waals surface area contributed by atoms with Crippen molar-refractivity contribution in [2.24, 2.45) is 0 Å². The van der Waals surface area contributed by atoms with Crippen LogP contribution < -0.4 is 0 Å². The van der Waals surface area contributed by atoms with E-state index in [0.717, 1.165) is 33.5 Å². The highest BCUT2D eigenvalue weighted by molar-refractivity contribution is 7.15. The lowest BCUT2D eigenvalue weighted by molar-refractivity contribution is 0.103. The summed E-state index contributed by atoms with van der Waals surface area (Å²) in [6.45, 7) is 7.94. The Hall–Kier alpha value is -1.98. The minimum absolute atomic E-state index is 0.0624. The van der Waals surface area contributed by atoms with Gasteiger partial charge in [0.05, 0.1) is 10.6 Å². The van der Waals surface area contributed by atoms with Gasteiger partial charge in [-0.3, -0.25) is 9.36 Å². The van der Waals surface area contributed by atoms with Gasteiger partial charge in [-0.05, 0) is 38.5 Å². The molecule has 0 amide bonds. The number of hydrogen-bond donors (Lipinski definition) is 0. The van der Waals surface area contributed by atoms with Crippen LogP contribution in [-0.4, -0.2) is 20.5 Å². The van der Waals surface area contributed by atoms with E-state index in [2.05, 4.69) is 10.2 Å². The van der Waals surface area contributed by atoms with E-state index in [1.165, 1.54) is 0 Å². The van der Waals surface area contributed by atoms with E-state index in [1.807, 2.05) is 44.4 Å². The molecule has 6 heteroatoms. The van der Waals surface area contributed by atoms with Crippen LogP contribution >= 0.6 is 22.9 Å². The molecule has 0 N–H and O–H groups in total. The van der Waals surface area contributed by atoms with Crippen molar-refractivity contribution in [2.45, 2.75) is 34.1 Å². The molecule has 2 aromatic heterocycles. The van der Waals surface area contributed by atoms with Crippen LogP contribution in [-0.2, 0) is 6.42 Å². The molecule has 0 aliphatic rings. The fourth-order valence-corrected chi connectivity index (χ4v) is 4.16. The first-order valence-electron chi connectivity index (χ1n) is 7.76. The van der Waals surface area contributed by atoms with E-state index in [0.29, 0.717) is 16.1 Å². The van der Waals surface area contributed by atoms with Crippen molar-refractivity contribution in [3.8, 4) is 5.00 Å². The monoisotopic (exact) mass is 359 g/mol. The summed E-state index contributed by atoms with van der Waals surface area (Å²) in [4.78, 5) is 14.3. The molecule has 2 heterocycles. The van der Waals surface area contributed by atoms with Gasteiger partial charge in [0.1, 0.15) is 16.6 Å². The molecule has 0 unspecified atom stereocenters. The first-order valence-corrected chi connectivity index (χ1v) is 8.95. The van der Waals surface area contributed by atoms with Crippen LogP contribution in [0, 0.1) is 20.8 Å². The number of aryl methyl sites for hydroxylation is 3. The van der Waals surface area contributed by atoms with Gasteiger partial charge >= 0.3 is 0 Å². The zero-order valence-electron chi connectivity index (χ0n) is 14.1. The van der Waals surface area contributed by atoms with Crippen molar-refractivity contribution in [3.05, 3.63) is 62.5 Å². The zero-order chi connectivity index (χ0) is 17.4. The summed E-state index contributed by atoms with van der Waals surface area (Å²) >= 11 is 7.84. The first-order chi connectivity index (χ1) is 11.5. The fraction of sp³-hybridized carbons (Fsp3) is 0.278. The minimum Gasteiger partial charge on any atom is -0.288 e. The smallest absolute Gasteiger partial charge is 0.197 e. The molecule has 0 spiro atoms. The van der Waals surface area contributed by atoms with Gasteiger partial charge in [0, 0.05) is 16.9 Å². The molecule has 0 aliphatic carbocycles. The summed E-state index contributed by atoms with van der Waals surface area (Å²) in [5.74, 6) is 1.57. The van der Waals surface area contributed by atoms with Gasteiger partial charge < -0.3 is 0 Å². The number of aromatic nitrogens is 3. The quantitative estimate of drug-likeness (QED) is 0.634. The molecule has 3 aromatic rings. The van der Waals surface area contributed by atoms with Crippen LogP contribution in [0.2, 0.25) is 5.02 Å². The van der Waals surface area contributed by atoms with Crippen molar-refractivity contribution in [1.29, 1.82) is 0 Å². The predicted molar refractivity (Wildman–Crippen MR) is 97.7 cm³/mol. The number of ketones is 1. The Bertz CT molecular complexity index is 926. The molecule has 0 radical (unpaired) electrons.